The highest BCUT2D eigenvalue weighted by molar-refractivity contribution is 7.22. The molecule has 0 N–H and O–H groups in total. The Kier molecular flexibility index (Phi) is 5.97. The molecule has 4 heteroatoms. The van der Waals surface area contributed by atoms with Gasteiger partial charge in [0, 0.05) is 21.1 Å². The van der Waals surface area contributed by atoms with Crippen LogP contribution in [0.4, 0.5) is 0 Å². The number of carbonyl (C=O) groups is 1. The van der Waals surface area contributed by atoms with Gasteiger partial charge in [-0.1, -0.05) is 50.8 Å². The molecule has 3 aromatic rings. The lowest BCUT2D eigenvalue weighted by Crippen LogP contribution is -2.30. The molecule has 0 aliphatic heterocycles. The summed E-state index contributed by atoms with van der Waals surface area (Å²) in [7, 11) is 0. The number of thiophene rings is 1. The fourth-order valence-corrected chi connectivity index (χ4v) is 3.75. The van der Waals surface area contributed by atoms with Gasteiger partial charge in [0.15, 0.2) is 0 Å². The predicted molar refractivity (Wildman–Crippen MR) is 112 cm³/mol. The van der Waals surface area contributed by atoms with E-state index in [-0.39, 0.29) is 5.41 Å². The molecular formula is C23H24O3S. The largest absolute Gasteiger partial charge is 0.493 e. The third-order valence-electron chi connectivity index (χ3n) is 4.72. The van der Waals surface area contributed by atoms with E-state index in [4.69, 9.17) is 9.47 Å². The smallest absolute Gasteiger partial charge is 0.330 e. The fraction of sp³-hybridized carbons (Fsp3) is 0.261. The first kappa shape index (κ1) is 19.2. The van der Waals surface area contributed by atoms with Gasteiger partial charge in [0.2, 0.25) is 0 Å². The highest BCUT2D eigenvalue weighted by Crippen LogP contribution is 2.35. The lowest BCUT2D eigenvalue weighted by molar-refractivity contribution is -0.141. The maximum Gasteiger partial charge on any atom is 0.330 e. The van der Waals surface area contributed by atoms with Gasteiger partial charge in [-0.3, -0.25) is 0 Å². The summed E-state index contributed by atoms with van der Waals surface area (Å²) in [6, 6.07) is 18.8. The summed E-state index contributed by atoms with van der Waals surface area (Å²) in [6.07, 6.45) is 2.03. The monoisotopic (exact) mass is 380 g/mol. The number of esters is 1. The number of hydrogen-bond donors (Lipinski definition) is 0. The normalized spacial score (nSPS) is 13.1. The summed E-state index contributed by atoms with van der Waals surface area (Å²) in [5.41, 5.74) is 0.988. The zero-order valence-corrected chi connectivity index (χ0v) is 16.6. The van der Waals surface area contributed by atoms with Crippen molar-refractivity contribution < 1.29 is 14.3 Å². The van der Waals surface area contributed by atoms with Crippen molar-refractivity contribution in [1.82, 2.24) is 0 Å². The van der Waals surface area contributed by atoms with Crippen LogP contribution in [0, 0.1) is 5.41 Å². The van der Waals surface area contributed by atoms with Gasteiger partial charge in [-0.25, -0.2) is 4.79 Å². The molecule has 2 aromatic carbocycles. The zero-order valence-electron chi connectivity index (χ0n) is 15.7. The third kappa shape index (κ3) is 4.77. The van der Waals surface area contributed by atoms with E-state index in [1.54, 1.807) is 11.3 Å². The summed E-state index contributed by atoms with van der Waals surface area (Å²) in [6.45, 7) is 8.35. The Balaban J connectivity index is 1.71. The number of fused-ring (bicyclic) bond motifs is 1. The summed E-state index contributed by atoms with van der Waals surface area (Å²) in [5, 5.41) is 1.21. The van der Waals surface area contributed by atoms with Crippen molar-refractivity contribution in [2.45, 2.75) is 20.3 Å². The Labute approximate surface area is 164 Å². The first-order valence-electron chi connectivity index (χ1n) is 9.04. The van der Waals surface area contributed by atoms with Crippen molar-refractivity contribution in [2.24, 2.45) is 5.41 Å². The van der Waals surface area contributed by atoms with E-state index in [1.807, 2.05) is 12.1 Å². The standard InChI is InChI=1S/C23H24O3S/c1-4-22(24)26-16-23(3,5-2)15-25-19-12-11-18-13-20(27-21(18)14-19)17-9-7-6-8-10-17/h4,6-14H,1,5,15-16H2,2-3H3. The van der Waals surface area contributed by atoms with Crippen LogP contribution in [-0.4, -0.2) is 19.2 Å². The van der Waals surface area contributed by atoms with Crippen molar-refractivity contribution in [2.75, 3.05) is 13.2 Å². The molecule has 0 bridgehead atoms. The van der Waals surface area contributed by atoms with Crippen LogP contribution in [0.2, 0.25) is 0 Å². The number of rotatable bonds is 8. The first-order valence-corrected chi connectivity index (χ1v) is 9.86. The van der Waals surface area contributed by atoms with E-state index in [9.17, 15) is 4.79 Å². The van der Waals surface area contributed by atoms with Crippen molar-refractivity contribution in [3.63, 3.8) is 0 Å². The van der Waals surface area contributed by atoms with Crippen LogP contribution in [0.3, 0.4) is 0 Å². The second kappa shape index (κ2) is 8.40. The van der Waals surface area contributed by atoms with Gasteiger partial charge < -0.3 is 9.47 Å². The number of ether oxygens (including phenoxy) is 2. The van der Waals surface area contributed by atoms with Crippen molar-refractivity contribution in [3.8, 4) is 16.2 Å². The average molecular weight is 381 g/mol. The Morgan fingerprint density at radius 3 is 2.63 bits per heavy atom. The molecule has 0 spiro atoms. The van der Waals surface area contributed by atoms with Crippen LogP contribution >= 0.6 is 11.3 Å². The van der Waals surface area contributed by atoms with Crippen LogP contribution in [0.25, 0.3) is 20.5 Å². The van der Waals surface area contributed by atoms with Gasteiger partial charge in [-0.15, -0.1) is 11.3 Å². The second-order valence-corrected chi connectivity index (χ2v) is 8.02. The molecule has 0 amide bonds. The molecule has 0 radical (unpaired) electrons. The quantitative estimate of drug-likeness (QED) is 0.350. The van der Waals surface area contributed by atoms with E-state index in [0.29, 0.717) is 13.2 Å². The maximum absolute atomic E-state index is 11.3. The molecule has 0 aliphatic carbocycles. The molecule has 0 aliphatic rings. The highest BCUT2D eigenvalue weighted by Gasteiger charge is 2.25. The van der Waals surface area contributed by atoms with Gasteiger partial charge in [-0.2, -0.15) is 0 Å². The molecule has 1 unspecified atom stereocenters. The molecule has 0 fully saturated rings. The molecule has 1 aromatic heterocycles. The number of hydrogen-bond acceptors (Lipinski definition) is 4. The van der Waals surface area contributed by atoms with Crippen LogP contribution in [0.5, 0.6) is 5.75 Å². The average Bonchev–Trinajstić information content (AvgIpc) is 3.14. The molecule has 0 saturated carbocycles. The van der Waals surface area contributed by atoms with E-state index in [1.165, 1.54) is 26.6 Å². The SMILES string of the molecule is C=CC(=O)OCC(C)(CC)COc1ccc2cc(-c3ccccc3)sc2c1. The fourth-order valence-electron chi connectivity index (χ4n) is 2.65. The van der Waals surface area contributed by atoms with E-state index >= 15 is 0 Å². The minimum atomic E-state index is -0.400. The lowest BCUT2D eigenvalue weighted by atomic mass is 9.90. The van der Waals surface area contributed by atoms with Crippen LogP contribution < -0.4 is 4.74 Å². The van der Waals surface area contributed by atoms with E-state index in [2.05, 4.69) is 62.9 Å². The van der Waals surface area contributed by atoms with Gasteiger partial charge in [0.1, 0.15) is 12.4 Å². The summed E-state index contributed by atoms with van der Waals surface area (Å²) in [5.74, 6) is 0.432. The maximum atomic E-state index is 11.3. The molecule has 27 heavy (non-hydrogen) atoms. The third-order valence-corrected chi connectivity index (χ3v) is 5.87. The predicted octanol–water partition coefficient (Wildman–Crippen LogP) is 6.09. The lowest BCUT2D eigenvalue weighted by Gasteiger charge is -2.27. The minimum Gasteiger partial charge on any atom is -0.493 e. The Bertz CT molecular complexity index is 929. The van der Waals surface area contributed by atoms with Crippen molar-refractivity contribution in [1.29, 1.82) is 0 Å². The summed E-state index contributed by atoms with van der Waals surface area (Å²) < 4.78 is 12.5. The number of benzene rings is 2. The summed E-state index contributed by atoms with van der Waals surface area (Å²) >= 11 is 1.76. The topological polar surface area (TPSA) is 35.5 Å². The minimum absolute atomic E-state index is 0.238. The summed E-state index contributed by atoms with van der Waals surface area (Å²) in [4.78, 5) is 12.6. The van der Waals surface area contributed by atoms with Gasteiger partial charge >= 0.3 is 5.97 Å². The van der Waals surface area contributed by atoms with Crippen LogP contribution in [0.1, 0.15) is 20.3 Å². The van der Waals surface area contributed by atoms with E-state index in [0.717, 1.165) is 12.2 Å². The molecule has 1 atom stereocenters. The van der Waals surface area contributed by atoms with Crippen LogP contribution in [-0.2, 0) is 9.53 Å². The van der Waals surface area contributed by atoms with Gasteiger partial charge in [-0.05, 0) is 41.6 Å². The molecular weight excluding hydrogens is 356 g/mol. The molecule has 3 nitrogen and oxygen atoms in total. The Morgan fingerprint density at radius 1 is 1.15 bits per heavy atom. The number of carbonyl (C=O) groups excluding carboxylic acids is 1. The zero-order chi connectivity index (χ0) is 19.3. The Morgan fingerprint density at radius 2 is 1.93 bits per heavy atom. The van der Waals surface area contributed by atoms with E-state index < -0.39 is 5.97 Å². The van der Waals surface area contributed by atoms with Crippen LogP contribution in [0.15, 0.2) is 67.3 Å². The Hall–Kier alpha value is -2.59. The van der Waals surface area contributed by atoms with Gasteiger partial charge in [0.05, 0.1) is 6.61 Å². The highest BCUT2D eigenvalue weighted by atomic mass is 32.1. The second-order valence-electron chi connectivity index (χ2n) is 6.94. The molecule has 1 heterocycles. The molecule has 0 saturated heterocycles. The molecule has 140 valence electrons. The molecule has 3 rings (SSSR count). The van der Waals surface area contributed by atoms with Gasteiger partial charge in [0.25, 0.3) is 0 Å². The van der Waals surface area contributed by atoms with Crippen molar-refractivity contribution in [3.05, 3.63) is 67.3 Å². The van der Waals surface area contributed by atoms with Crippen molar-refractivity contribution >= 4 is 27.4 Å². The first-order chi connectivity index (χ1) is 13.0.